The van der Waals surface area contributed by atoms with E-state index in [-0.39, 0.29) is 6.04 Å². The van der Waals surface area contributed by atoms with Gasteiger partial charge >= 0.3 is 0 Å². The molecule has 3 aromatic carbocycles. The number of pyridine rings is 1. The van der Waals surface area contributed by atoms with Gasteiger partial charge in [0, 0.05) is 24.0 Å². The first kappa shape index (κ1) is 26.8. The summed E-state index contributed by atoms with van der Waals surface area (Å²) in [7, 11) is 0. The van der Waals surface area contributed by atoms with Gasteiger partial charge in [0.2, 0.25) is 0 Å². The highest BCUT2D eigenvalue weighted by Gasteiger charge is 2.30. The zero-order chi connectivity index (χ0) is 27.4. The Balaban J connectivity index is 1.58. The van der Waals surface area contributed by atoms with Gasteiger partial charge in [-0.05, 0) is 54.5 Å². The highest BCUT2D eigenvalue weighted by Crippen LogP contribution is 2.29. The van der Waals surface area contributed by atoms with Crippen molar-refractivity contribution in [3.05, 3.63) is 107 Å². The molecule has 1 aromatic heterocycles. The maximum atomic E-state index is 5.32. The van der Waals surface area contributed by atoms with E-state index in [9.17, 15) is 0 Å². The Labute approximate surface area is 233 Å². The third kappa shape index (κ3) is 5.66. The summed E-state index contributed by atoms with van der Waals surface area (Å²) in [4.78, 5) is 18.1. The summed E-state index contributed by atoms with van der Waals surface area (Å²) in [5.74, 6) is 1.58. The summed E-state index contributed by atoms with van der Waals surface area (Å²) < 4.78 is 0. The van der Waals surface area contributed by atoms with E-state index in [1.807, 2.05) is 0 Å². The van der Waals surface area contributed by atoms with Crippen molar-refractivity contribution in [2.45, 2.75) is 66.5 Å². The van der Waals surface area contributed by atoms with Gasteiger partial charge in [-0.3, -0.25) is 9.98 Å². The van der Waals surface area contributed by atoms with Gasteiger partial charge in [-0.15, -0.1) is 0 Å². The molecule has 0 amide bonds. The molecule has 4 nitrogen and oxygen atoms in total. The van der Waals surface area contributed by atoms with Crippen LogP contribution >= 0.6 is 0 Å². The van der Waals surface area contributed by atoms with E-state index in [0.717, 1.165) is 71.7 Å². The SMILES string of the molecule is CCc1cccc(CC)c1N=C(C)c1ccc2cccc(C3=N[C@@H]([C@@H](C)CC)CN3Cc3ccccc3)c2n1. The zero-order valence-corrected chi connectivity index (χ0v) is 24.0. The van der Waals surface area contributed by atoms with E-state index in [1.165, 1.54) is 16.7 Å². The number of fused-ring (bicyclic) bond motifs is 1. The number of aromatic nitrogens is 1. The average Bonchev–Trinajstić information content (AvgIpc) is 3.40. The van der Waals surface area contributed by atoms with E-state index < -0.39 is 0 Å². The molecular formula is C35H40N4. The van der Waals surface area contributed by atoms with Gasteiger partial charge in [0.25, 0.3) is 0 Å². The molecule has 4 heteroatoms. The van der Waals surface area contributed by atoms with Crippen molar-refractivity contribution in [1.29, 1.82) is 0 Å². The van der Waals surface area contributed by atoms with E-state index in [1.54, 1.807) is 0 Å². The van der Waals surface area contributed by atoms with Crippen LogP contribution in [0.2, 0.25) is 0 Å². The van der Waals surface area contributed by atoms with Crippen molar-refractivity contribution in [3.63, 3.8) is 0 Å². The molecule has 5 rings (SSSR count). The molecule has 1 aliphatic heterocycles. The second-order valence-electron chi connectivity index (χ2n) is 10.7. The number of benzene rings is 3. The second-order valence-corrected chi connectivity index (χ2v) is 10.7. The van der Waals surface area contributed by atoms with Crippen molar-refractivity contribution in [3.8, 4) is 0 Å². The Morgan fingerprint density at radius 3 is 2.31 bits per heavy atom. The van der Waals surface area contributed by atoms with Crippen LogP contribution in [-0.4, -0.2) is 34.0 Å². The first-order valence-electron chi connectivity index (χ1n) is 14.5. The van der Waals surface area contributed by atoms with Crippen LogP contribution in [0.25, 0.3) is 10.9 Å². The Morgan fingerprint density at radius 2 is 1.62 bits per heavy atom. The zero-order valence-electron chi connectivity index (χ0n) is 24.0. The number of amidine groups is 1. The molecule has 2 heterocycles. The number of hydrogen-bond acceptors (Lipinski definition) is 4. The quantitative estimate of drug-likeness (QED) is 0.210. The lowest BCUT2D eigenvalue weighted by Crippen LogP contribution is -2.31. The Kier molecular flexibility index (Phi) is 8.21. The number of hydrogen-bond donors (Lipinski definition) is 0. The minimum absolute atomic E-state index is 0.286. The van der Waals surface area contributed by atoms with Crippen molar-refractivity contribution in [2.24, 2.45) is 15.9 Å². The molecule has 0 saturated heterocycles. The van der Waals surface area contributed by atoms with Crippen LogP contribution in [0.1, 0.15) is 69.0 Å². The van der Waals surface area contributed by atoms with Gasteiger partial charge in [-0.2, -0.15) is 0 Å². The third-order valence-corrected chi connectivity index (χ3v) is 8.09. The van der Waals surface area contributed by atoms with Gasteiger partial charge in [0.15, 0.2) is 0 Å². The van der Waals surface area contributed by atoms with Gasteiger partial charge in [-0.1, -0.05) is 101 Å². The van der Waals surface area contributed by atoms with Gasteiger partial charge in [0.05, 0.1) is 28.7 Å². The lowest BCUT2D eigenvalue weighted by Gasteiger charge is -2.23. The summed E-state index contributed by atoms with van der Waals surface area (Å²) in [6.45, 7) is 12.8. The summed E-state index contributed by atoms with van der Waals surface area (Å²) in [6.07, 6.45) is 3.04. The largest absolute Gasteiger partial charge is 0.350 e. The molecule has 4 aromatic rings. The molecule has 0 fully saturated rings. The molecule has 0 saturated carbocycles. The van der Waals surface area contributed by atoms with E-state index in [0.29, 0.717) is 5.92 Å². The first-order valence-corrected chi connectivity index (χ1v) is 14.5. The standard InChI is InChI=1S/C35H40N4/c1-6-24(4)32-23-39(22-26-14-10-9-11-15-26)35(38-32)30-19-13-18-29-20-21-31(37-34(29)30)25(5)36-33-27(7-2)16-12-17-28(33)8-3/h9-21,24,32H,6-8,22-23H2,1-5H3/t24-,32+/m0/s1. The lowest BCUT2D eigenvalue weighted by molar-refractivity contribution is 0.360. The normalized spacial score (nSPS) is 16.5. The van der Waals surface area contributed by atoms with Crippen LogP contribution in [0.3, 0.4) is 0 Å². The molecule has 2 atom stereocenters. The fourth-order valence-electron chi connectivity index (χ4n) is 5.47. The van der Waals surface area contributed by atoms with E-state index in [4.69, 9.17) is 15.0 Å². The van der Waals surface area contributed by atoms with Gasteiger partial charge in [-0.25, -0.2) is 4.98 Å². The minimum atomic E-state index is 0.286. The first-order chi connectivity index (χ1) is 19.0. The summed E-state index contributed by atoms with van der Waals surface area (Å²) in [5, 5.41) is 1.13. The van der Waals surface area contributed by atoms with Crippen molar-refractivity contribution in [1.82, 2.24) is 9.88 Å². The van der Waals surface area contributed by atoms with Crippen LogP contribution < -0.4 is 0 Å². The predicted octanol–water partition coefficient (Wildman–Crippen LogP) is 8.18. The van der Waals surface area contributed by atoms with Crippen molar-refractivity contribution < 1.29 is 0 Å². The molecule has 200 valence electrons. The number of nitrogens with zero attached hydrogens (tertiary/aromatic N) is 4. The average molecular weight is 517 g/mol. The number of para-hydroxylation sites is 2. The summed E-state index contributed by atoms with van der Waals surface area (Å²) >= 11 is 0. The van der Waals surface area contributed by atoms with E-state index in [2.05, 4.69) is 118 Å². The van der Waals surface area contributed by atoms with Crippen LogP contribution in [0, 0.1) is 5.92 Å². The van der Waals surface area contributed by atoms with Crippen LogP contribution in [0.4, 0.5) is 5.69 Å². The van der Waals surface area contributed by atoms with Crippen LogP contribution in [-0.2, 0) is 19.4 Å². The number of aliphatic imine (C=N–C) groups is 2. The Hall–Kier alpha value is -3.79. The molecule has 0 bridgehead atoms. The summed E-state index contributed by atoms with van der Waals surface area (Å²) in [6, 6.07) is 28.2. The number of rotatable bonds is 9. The highest BCUT2D eigenvalue weighted by molar-refractivity contribution is 6.10. The molecule has 1 aliphatic rings. The maximum absolute atomic E-state index is 5.32. The fraction of sp³-hybridized carbons (Fsp3) is 0.343. The minimum Gasteiger partial charge on any atom is -0.350 e. The Morgan fingerprint density at radius 1 is 0.897 bits per heavy atom. The second kappa shape index (κ2) is 11.9. The molecule has 0 N–H and O–H groups in total. The Bertz CT molecular complexity index is 1480. The molecular weight excluding hydrogens is 476 g/mol. The predicted molar refractivity (Wildman–Crippen MR) is 165 cm³/mol. The monoisotopic (exact) mass is 516 g/mol. The molecule has 0 spiro atoms. The molecule has 0 aliphatic carbocycles. The summed E-state index contributed by atoms with van der Waals surface area (Å²) in [5.41, 5.74) is 8.90. The van der Waals surface area contributed by atoms with Crippen molar-refractivity contribution >= 4 is 28.1 Å². The molecule has 0 radical (unpaired) electrons. The molecule has 39 heavy (non-hydrogen) atoms. The molecule has 0 unspecified atom stereocenters. The third-order valence-electron chi connectivity index (χ3n) is 8.09. The van der Waals surface area contributed by atoms with Gasteiger partial charge < -0.3 is 4.90 Å². The topological polar surface area (TPSA) is 40.9 Å². The lowest BCUT2D eigenvalue weighted by atomic mass is 10.0. The van der Waals surface area contributed by atoms with Crippen LogP contribution in [0.15, 0.2) is 88.8 Å². The van der Waals surface area contributed by atoms with Crippen molar-refractivity contribution in [2.75, 3.05) is 6.54 Å². The van der Waals surface area contributed by atoms with Crippen LogP contribution in [0.5, 0.6) is 0 Å². The van der Waals surface area contributed by atoms with E-state index >= 15 is 0 Å². The van der Waals surface area contributed by atoms with Gasteiger partial charge in [0.1, 0.15) is 5.84 Å². The number of aryl methyl sites for hydroxylation is 2. The highest BCUT2D eigenvalue weighted by atomic mass is 15.3. The smallest absolute Gasteiger partial charge is 0.133 e. The fourth-order valence-corrected chi connectivity index (χ4v) is 5.47. The maximum Gasteiger partial charge on any atom is 0.133 e.